The molecule has 0 aliphatic carbocycles. The summed E-state index contributed by atoms with van der Waals surface area (Å²) in [6.07, 6.45) is 4.11. The van der Waals surface area contributed by atoms with Crippen LogP contribution in [0.15, 0.2) is 0 Å². The third kappa shape index (κ3) is 11.7. The van der Waals surface area contributed by atoms with Crippen molar-refractivity contribution in [2.24, 2.45) is 11.8 Å². The first kappa shape index (κ1) is 24.2. The summed E-state index contributed by atoms with van der Waals surface area (Å²) < 4.78 is 0. The molecule has 17 heavy (non-hydrogen) atoms. The summed E-state index contributed by atoms with van der Waals surface area (Å²) in [5, 5.41) is 17.5. The van der Waals surface area contributed by atoms with Gasteiger partial charge in [0.25, 0.3) is 0 Å². The van der Waals surface area contributed by atoms with Gasteiger partial charge in [0.1, 0.15) is 0 Å². The summed E-state index contributed by atoms with van der Waals surface area (Å²) in [6, 6.07) is 0. The number of aliphatic carboxylic acids is 2. The molecule has 0 aliphatic heterocycles. The molecule has 4 nitrogen and oxygen atoms in total. The predicted octanol–water partition coefficient (Wildman–Crippen LogP) is 1.08. The van der Waals surface area contributed by atoms with Gasteiger partial charge < -0.3 is 10.2 Å². The van der Waals surface area contributed by atoms with Crippen LogP contribution in [0.3, 0.4) is 0 Å². The van der Waals surface area contributed by atoms with E-state index in [-0.39, 0.29) is 115 Å². The zero-order valence-electron chi connectivity index (χ0n) is 9.40. The van der Waals surface area contributed by atoms with Gasteiger partial charge in [-0.15, -0.1) is 0 Å². The van der Waals surface area contributed by atoms with Crippen LogP contribution in [0.25, 0.3) is 0 Å². The van der Waals surface area contributed by atoms with Gasteiger partial charge in [0.05, 0.1) is 0 Å². The van der Waals surface area contributed by atoms with Gasteiger partial charge >= 0.3 is 115 Å². The molecule has 0 fully saturated rings. The van der Waals surface area contributed by atoms with E-state index in [0.717, 1.165) is 25.7 Å². The van der Waals surface area contributed by atoms with Gasteiger partial charge in [-0.1, -0.05) is 39.5 Å². The Labute approximate surface area is 188 Å². The molecule has 2 N–H and O–H groups in total. The van der Waals surface area contributed by atoms with Crippen LogP contribution in [0, 0.1) is 11.8 Å². The van der Waals surface area contributed by atoms with Crippen LogP contribution < -0.4 is 0 Å². The standard InChI is InChI=1S/C11H20O4.2K.2H/c1-3-5-6-8(4-2)7-9(10(12)13)11(14)15;;;;/h8-9H,3-7H2,1-2H3,(H,12,13)(H,14,15);;;;. The molecule has 0 aromatic rings. The van der Waals surface area contributed by atoms with Gasteiger partial charge in [-0.2, -0.15) is 0 Å². The van der Waals surface area contributed by atoms with E-state index in [1.54, 1.807) is 0 Å². The summed E-state index contributed by atoms with van der Waals surface area (Å²) in [4.78, 5) is 21.4. The summed E-state index contributed by atoms with van der Waals surface area (Å²) in [5.41, 5.74) is 0. The molecule has 0 bridgehead atoms. The Hall–Kier alpha value is 2.21. The van der Waals surface area contributed by atoms with Crippen LogP contribution in [0.2, 0.25) is 0 Å². The Balaban J connectivity index is -0.000000980. The van der Waals surface area contributed by atoms with Gasteiger partial charge in [0.2, 0.25) is 0 Å². The molecule has 0 radical (unpaired) electrons. The minimum atomic E-state index is -1.24. The SMILES string of the molecule is CCCCC(CC)CC(C(=O)O)C(=O)O.[KH].[KH]. The van der Waals surface area contributed by atoms with E-state index in [1.807, 2.05) is 6.92 Å². The van der Waals surface area contributed by atoms with Gasteiger partial charge in [0, 0.05) is 0 Å². The fourth-order valence-electron chi connectivity index (χ4n) is 1.62. The predicted molar refractivity (Wildman–Crippen MR) is 71.0 cm³/mol. The Kier molecular flexibility index (Phi) is 20.8. The zero-order valence-corrected chi connectivity index (χ0v) is 9.40. The fourth-order valence-corrected chi connectivity index (χ4v) is 1.62. The molecular formula is C11H22K2O4. The molecule has 1 atom stereocenters. The Bertz CT molecular complexity index is 208. The van der Waals surface area contributed by atoms with Gasteiger partial charge in [0.15, 0.2) is 5.92 Å². The number of rotatable bonds is 8. The van der Waals surface area contributed by atoms with Gasteiger partial charge in [-0.05, 0) is 12.3 Å². The normalized spacial score (nSPS) is 11.2. The fraction of sp³-hybridized carbons (Fsp3) is 0.818. The third-order valence-electron chi connectivity index (χ3n) is 2.71. The second-order valence-electron chi connectivity index (χ2n) is 3.88. The van der Waals surface area contributed by atoms with Crippen molar-refractivity contribution < 1.29 is 19.8 Å². The molecule has 0 aromatic heterocycles. The van der Waals surface area contributed by atoms with Crippen LogP contribution in [-0.2, 0) is 9.59 Å². The number of carboxylic acids is 2. The van der Waals surface area contributed by atoms with E-state index >= 15 is 0 Å². The molecule has 0 heterocycles. The number of carbonyl (C=O) groups is 2. The Morgan fingerprint density at radius 3 is 1.82 bits per heavy atom. The summed E-state index contributed by atoms with van der Waals surface area (Å²) in [5.74, 6) is -3.48. The molecular weight excluding hydrogens is 274 g/mol. The zero-order chi connectivity index (χ0) is 11.8. The minimum absolute atomic E-state index is 0. The summed E-state index contributed by atoms with van der Waals surface area (Å²) >= 11 is 0. The van der Waals surface area contributed by atoms with Crippen molar-refractivity contribution in [1.29, 1.82) is 0 Å². The van der Waals surface area contributed by atoms with E-state index in [0.29, 0.717) is 0 Å². The van der Waals surface area contributed by atoms with Crippen LogP contribution in [0.4, 0.5) is 0 Å². The van der Waals surface area contributed by atoms with Crippen molar-refractivity contribution in [1.82, 2.24) is 0 Å². The van der Waals surface area contributed by atoms with Crippen molar-refractivity contribution in [3.05, 3.63) is 0 Å². The second-order valence-corrected chi connectivity index (χ2v) is 3.88. The quantitative estimate of drug-likeness (QED) is 0.519. The van der Waals surface area contributed by atoms with E-state index in [4.69, 9.17) is 10.2 Å². The molecule has 0 amide bonds. The van der Waals surface area contributed by atoms with Crippen molar-refractivity contribution in [3.63, 3.8) is 0 Å². The molecule has 0 rings (SSSR count). The van der Waals surface area contributed by atoms with E-state index in [2.05, 4.69) is 6.92 Å². The molecule has 0 saturated carbocycles. The topological polar surface area (TPSA) is 74.6 Å². The van der Waals surface area contributed by atoms with E-state index < -0.39 is 17.9 Å². The first-order valence-corrected chi connectivity index (χ1v) is 5.48. The number of unbranched alkanes of at least 4 members (excludes halogenated alkanes) is 1. The summed E-state index contributed by atoms with van der Waals surface area (Å²) in [6.45, 7) is 4.04. The van der Waals surface area contributed by atoms with Crippen LogP contribution in [0.5, 0.6) is 0 Å². The Morgan fingerprint density at radius 1 is 1.06 bits per heavy atom. The van der Waals surface area contributed by atoms with Crippen LogP contribution in [0.1, 0.15) is 46.0 Å². The second kappa shape index (κ2) is 14.6. The maximum atomic E-state index is 10.7. The molecule has 0 aromatic carbocycles. The van der Waals surface area contributed by atoms with E-state index in [9.17, 15) is 9.59 Å². The van der Waals surface area contributed by atoms with Crippen molar-refractivity contribution in [2.45, 2.75) is 46.0 Å². The molecule has 92 valence electrons. The van der Waals surface area contributed by atoms with Crippen molar-refractivity contribution in [2.75, 3.05) is 0 Å². The first-order chi connectivity index (χ1) is 7.02. The molecule has 0 aliphatic rings. The third-order valence-corrected chi connectivity index (χ3v) is 2.71. The summed E-state index contributed by atoms with van der Waals surface area (Å²) in [7, 11) is 0. The molecule has 1 unspecified atom stereocenters. The van der Waals surface area contributed by atoms with Crippen LogP contribution in [-0.4, -0.2) is 125 Å². The average molecular weight is 296 g/mol. The number of carboxylic acid groups (broad SMARTS) is 2. The molecule has 6 heteroatoms. The number of hydrogen-bond acceptors (Lipinski definition) is 2. The van der Waals surface area contributed by atoms with Gasteiger partial charge in [-0.3, -0.25) is 9.59 Å². The first-order valence-electron chi connectivity index (χ1n) is 5.48. The molecule has 0 saturated heterocycles. The maximum absolute atomic E-state index is 10.7. The monoisotopic (exact) mass is 296 g/mol. The Morgan fingerprint density at radius 2 is 1.53 bits per heavy atom. The average Bonchev–Trinajstić information content (AvgIpc) is 2.17. The van der Waals surface area contributed by atoms with Crippen LogP contribution >= 0.6 is 0 Å². The van der Waals surface area contributed by atoms with Crippen molar-refractivity contribution in [3.8, 4) is 0 Å². The molecule has 0 spiro atoms. The van der Waals surface area contributed by atoms with E-state index in [1.165, 1.54) is 0 Å². The van der Waals surface area contributed by atoms with Crippen molar-refractivity contribution >= 4 is 115 Å². The number of hydrogen-bond donors (Lipinski definition) is 2. The van der Waals surface area contributed by atoms with Gasteiger partial charge in [-0.25, -0.2) is 0 Å².